The number of hydrogen-bond acceptors (Lipinski definition) is 3. The van der Waals surface area contributed by atoms with Gasteiger partial charge in [-0.1, -0.05) is 34.9 Å². The van der Waals surface area contributed by atoms with Crippen LogP contribution >= 0.6 is 15.9 Å². The highest BCUT2D eigenvalue weighted by Gasteiger charge is 2.60. The van der Waals surface area contributed by atoms with Gasteiger partial charge in [0.2, 0.25) is 0 Å². The van der Waals surface area contributed by atoms with Gasteiger partial charge in [-0.25, -0.2) is 0 Å². The predicted octanol–water partition coefficient (Wildman–Crippen LogP) is 2.58. The molecule has 2 fully saturated rings. The van der Waals surface area contributed by atoms with Gasteiger partial charge < -0.3 is 14.6 Å². The Morgan fingerprint density at radius 2 is 2.11 bits per heavy atom. The largest absolute Gasteiger partial charge is 0.372 e. The van der Waals surface area contributed by atoms with E-state index in [1.165, 1.54) is 0 Å². The van der Waals surface area contributed by atoms with Crippen molar-refractivity contribution in [2.45, 2.75) is 44.0 Å². The van der Waals surface area contributed by atoms with Crippen molar-refractivity contribution in [3.05, 3.63) is 10.6 Å². The first kappa shape index (κ1) is 13.6. The molecule has 104 valence electrons. The highest BCUT2D eigenvalue weighted by Crippen LogP contribution is 2.59. The van der Waals surface area contributed by atoms with Gasteiger partial charge in [0, 0.05) is 22.7 Å². The molecule has 0 aromatic carbocycles. The molecule has 0 bridgehead atoms. The van der Waals surface area contributed by atoms with Crippen molar-refractivity contribution in [1.29, 1.82) is 0 Å². The van der Waals surface area contributed by atoms with Crippen LogP contribution in [-0.4, -0.2) is 29.7 Å². The number of allylic oxidation sites excluding steroid dienone is 1. The molecule has 3 nitrogen and oxygen atoms in total. The molecule has 0 amide bonds. The molecule has 1 heterocycles. The normalized spacial score (nSPS) is 44.5. The van der Waals surface area contributed by atoms with Crippen molar-refractivity contribution in [2.75, 3.05) is 13.2 Å². The van der Waals surface area contributed by atoms with E-state index in [-0.39, 0.29) is 11.3 Å². The number of fused-ring (bicyclic) bond motifs is 1. The Bertz CT molecular complexity index is 461. The van der Waals surface area contributed by atoms with Crippen molar-refractivity contribution in [3.8, 4) is 12.3 Å². The van der Waals surface area contributed by atoms with Crippen molar-refractivity contribution >= 4 is 15.9 Å². The molecule has 3 aliphatic rings. The fourth-order valence-corrected chi connectivity index (χ4v) is 4.59. The Kier molecular flexibility index (Phi) is 3.10. The third kappa shape index (κ3) is 1.76. The standard InChI is InChI=1S/C15H19BrO3/c1-3-15(17)12(16)5-4-11-10-14(18-8-9-19-14)7-6-13(11,15)2/h1,5,11,17H,4,6-10H2,2H3/t11-,13+,15-/m1/s1. The van der Waals surface area contributed by atoms with Gasteiger partial charge in [0.05, 0.1) is 13.2 Å². The third-order valence-electron chi connectivity index (χ3n) is 5.26. The monoisotopic (exact) mass is 326 g/mol. The van der Waals surface area contributed by atoms with Crippen LogP contribution in [0.2, 0.25) is 0 Å². The first-order chi connectivity index (χ1) is 8.96. The molecule has 19 heavy (non-hydrogen) atoms. The average Bonchev–Trinajstić information content (AvgIpc) is 2.86. The van der Waals surface area contributed by atoms with E-state index in [1.807, 2.05) is 6.08 Å². The zero-order valence-corrected chi connectivity index (χ0v) is 12.7. The molecule has 0 radical (unpaired) electrons. The molecule has 2 aliphatic carbocycles. The van der Waals surface area contributed by atoms with Gasteiger partial charge in [-0.3, -0.25) is 0 Å². The van der Waals surface area contributed by atoms with E-state index >= 15 is 0 Å². The summed E-state index contributed by atoms with van der Waals surface area (Å²) in [6.45, 7) is 3.43. The van der Waals surface area contributed by atoms with Crippen LogP contribution in [0.4, 0.5) is 0 Å². The second-order valence-corrected chi connectivity index (χ2v) is 6.92. The number of halogens is 1. The van der Waals surface area contributed by atoms with E-state index in [0.29, 0.717) is 13.2 Å². The maximum Gasteiger partial charge on any atom is 0.168 e. The Morgan fingerprint density at radius 3 is 2.74 bits per heavy atom. The minimum atomic E-state index is -1.21. The number of terminal acetylenes is 1. The Hall–Kier alpha value is -0.340. The average molecular weight is 327 g/mol. The molecule has 3 rings (SSSR count). The van der Waals surface area contributed by atoms with E-state index < -0.39 is 11.4 Å². The second-order valence-electron chi connectivity index (χ2n) is 6.07. The van der Waals surface area contributed by atoms with Crippen molar-refractivity contribution in [1.82, 2.24) is 0 Å². The van der Waals surface area contributed by atoms with Gasteiger partial charge in [-0.05, 0) is 18.8 Å². The molecule has 1 spiro atoms. The third-order valence-corrected chi connectivity index (χ3v) is 6.16. The Morgan fingerprint density at radius 1 is 1.42 bits per heavy atom. The van der Waals surface area contributed by atoms with Crippen LogP contribution in [-0.2, 0) is 9.47 Å². The van der Waals surface area contributed by atoms with E-state index in [0.717, 1.165) is 30.2 Å². The molecule has 4 heteroatoms. The van der Waals surface area contributed by atoms with Crippen LogP contribution in [0.15, 0.2) is 10.6 Å². The second kappa shape index (κ2) is 4.33. The quantitative estimate of drug-likeness (QED) is 0.695. The zero-order chi connectivity index (χ0) is 13.7. The van der Waals surface area contributed by atoms with Gasteiger partial charge >= 0.3 is 0 Å². The lowest BCUT2D eigenvalue weighted by atomic mass is 9.54. The smallest absolute Gasteiger partial charge is 0.168 e. The Balaban J connectivity index is 1.95. The van der Waals surface area contributed by atoms with E-state index in [9.17, 15) is 5.11 Å². The van der Waals surface area contributed by atoms with Crippen molar-refractivity contribution in [3.63, 3.8) is 0 Å². The fourth-order valence-electron chi connectivity index (χ4n) is 3.84. The zero-order valence-electron chi connectivity index (χ0n) is 11.1. The van der Waals surface area contributed by atoms with Crippen LogP contribution in [0.3, 0.4) is 0 Å². The van der Waals surface area contributed by atoms with Gasteiger partial charge in [-0.2, -0.15) is 0 Å². The first-order valence-corrected chi connectivity index (χ1v) is 7.59. The molecule has 0 aromatic heterocycles. The fraction of sp³-hybridized carbons (Fsp3) is 0.733. The van der Waals surface area contributed by atoms with Crippen LogP contribution in [0, 0.1) is 23.7 Å². The van der Waals surface area contributed by atoms with Gasteiger partial charge in [0.25, 0.3) is 0 Å². The highest BCUT2D eigenvalue weighted by atomic mass is 79.9. The molecule has 0 unspecified atom stereocenters. The minimum absolute atomic E-state index is 0.279. The summed E-state index contributed by atoms with van der Waals surface area (Å²) in [4.78, 5) is 0. The number of aliphatic hydroxyl groups is 1. The highest BCUT2D eigenvalue weighted by molar-refractivity contribution is 9.11. The van der Waals surface area contributed by atoms with E-state index in [4.69, 9.17) is 15.9 Å². The predicted molar refractivity (Wildman–Crippen MR) is 75.5 cm³/mol. The summed E-state index contributed by atoms with van der Waals surface area (Å²) in [6.07, 6.45) is 10.9. The maximum atomic E-state index is 10.9. The summed E-state index contributed by atoms with van der Waals surface area (Å²) in [5.41, 5.74) is -1.54. The van der Waals surface area contributed by atoms with Crippen molar-refractivity contribution in [2.24, 2.45) is 11.3 Å². The summed E-state index contributed by atoms with van der Waals surface area (Å²) in [5, 5.41) is 10.9. The van der Waals surface area contributed by atoms with Gasteiger partial charge in [-0.15, -0.1) is 6.42 Å². The molecule has 1 N–H and O–H groups in total. The molecular formula is C15H19BrO3. The van der Waals surface area contributed by atoms with Gasteiger partial charge in [0.15, 0.2) is 11.4 Å². The van der Waals surface area contributed by atoms with E-state index in [1.54, 1.807) is 0 Å². The summed E-state index contributed by atoms with van der Waals surface area (Å²) in [6, 6.07) is 0. The van der Waals surface area contributed by atoms with Crippen LogP contribution in [0.25, 0.3) is 0 Å². The Labute approximate surface area is 122 Å². The summed E-state index contributed by atoms with van der Waals surface area (Å²) in [7, 11) is 0. The van der Waals surface area contributed by atoms with Gasteiger partial charge in [0.1, 0.15) is 0 Å². The van der Waals surface area contributed by atoms with Crippen LogP contribution < -0.4 is 0 Å². The molecule has 1 saturated carbocycles. The lowest BCUT2D eigenvalue weighted by molar-refractivity contribution is -0.221. The number of hydrogen-bond donors (Lipinski definition) is 1. The topological polar surface area (TPSA) is 38.7 Å². The maximum absolute atomic E-state index is 10.9. The summed E-state index contributed by atoms with van der Waals surface area (Å²) in [5.74, 6) is 2.45. The lowest BCUT2D eigenvalue weighted by Crippen LogP contribution is -2.57. The summed E-state index contributed by atoms with van der Waals surface area (Å²) >= 11 is 3.45. The number of rotatable bonds is 0. The van der Waals surface area contributed by atoms with Crippen LogP contribution in [0.1, 0.15) is 32.6 Å². The SMILES string of the molecule is C#C[C@@]1(O)C(Br)=CC[C@@H]2CC3(CC[C@@]21C)OCCO3. The molecular weight excluding hydrogens is 308 g/mol. The molecule has 0 aromatic rings. The van der Waals surface area contributed by atoms with Crippen molar-refractivity contribution < 1.29 is 14.6 Å². The minimum Gasteiger partial charge on any atom is -0.372 e. The number of ether oxygens (including phenoxy) is 2. The summed E-state index contributed by atoms with van der Waals surface area (Å²) < 4.78 is 12.4. The lowest BCUT2D eigenvalue weighted by Gasteiger charge is -2.55. The molecule has 1 aliphatic heterocycles. The molecule has 3 atom stereocenters. The van der Waals surface area contributed by atoms with E-state index in [2.05, 4.69) is 28.8 Å². The molecule has 1 saturated heterocycles. The van der Waals surface area contributed by atoms with Crippen LogP contribution in [0.5, 0.6) is 0 Å². The first-order valence-electron chi connectivity index (χ1n) is 6.80.